The van der Waals surface area contributed by atoms with Crippen molar-refractivity contribution in [1.29, 1.82) is 0 Å². The summed E-state index contributed by atoms with van der Waals surface area (Å²) in [6.45, 7) is 1.78. The van der Waals surface area contributed by atoms with Crippen molar-refractivity contribution in [2.24, 2.45) is 11.8 Å². The Kier molecular flexibility index (Phi) is 6.51. The molecule has 2 unspecified atom stereocenters. The second kappa shape index (κ2) is 9.35. The van der Waals surface area contributed by atoms with E-state index in [1.165, 1.54) is 0 Å². The molecule has 9 heteroatoms. The molecule has 1 aliphatic heterocycles. The highest BCUT2D eigenvalue weighted by Crippen LogP contribution is 2.35. The molecule has 6 nitrogen and oxygen atoms in total. The Labute approximate surface area is 189 Å². The zero-order valence-electron chi connectivity index (χ0n) is 18.4. The molecule has 2 atom stereocenters. The number of alkyl halides is 3. The number of nitrogens with zero attached hydrogens (tertiary/aromatic N) is 2. The molecule has 1 fully saturated rings. The van der Waals surface area contributed by atoms with E-state index in [9.17, 15) is 18.0 Å². The standard InChI is InChI=1S/C24H25F3N4O2/c1-14-3-4-19(31-23(32)6-15-5-18(13-33-12-15)24(25,26)27)8-20(14)16-7-17-11-30-22(28-2)9-21(17)29-10-16/h3-4,7-11,15,18H,5-6,12-13H2,1-2H3,(H,28,30)(H,31,32). The molecular formula is C24H25F3N4O2. The van der Waals surface area contributed by atoms with E-state index >= 15 is 0 Å². The molecule has 1 aromatic carbocycles. The first-order chi connectivity index (χ1) is 15.7. The average Bonchev–Trinajstić information content (AvgIpc) is 2.79. The fourth-order valence-corrected chi connectivity index (χ4v) is 4.08. The second-order valence-corrected chi connectivity index (χ2v) is 8.40. The zero-order valence-corrected chi connectivity index (χ0v) is 18.4. The number of hydrogen-bond acceptors (Lipinski definition) is 5. The van der Waals surface area contributed by atoms with Crippen LogP contribution in [0.3, 0.4) is 0 Å². The molecule has 0 aliphatic carbocycles. The molecule has 33 heavy (non-hydrogen) atoms. The van der Waals surface area contributed by atoms with E-state index in [1.807, 2.05) is 31.2 Å². The number of carbonyl (C=O) groups excluding carboxylic acids is 1. The van der Waals surface area contributed by atoms with E-state index in [0.717, 1.165) is 33.4 Å². The van der Waals surface area contributed by atoms with Crippen molar-refractivity contribution in [3.63, 3.8) is 0 Å². The molecule has 2 N–H and O–H groups in total. The minimum atomic E-state index is -4.31. The third kappa shape index (κ3) is 5.42. The highest BCUT2D eigenvalue weighted by molar-refractivity contribution is 5.92. The third-order valence-corrected chi connectivity index (χ3v) is 5.88. The lowest BCUT2D eigenvalue weighted by molar-refractivity contribution is -0.206. The number of aryl methyl sites for hydroxylation is 1. The maximum absolute atomic E-state index is 13.0. The molecule has 0 bridgehead atoms. The molecular weight excluding hydrogens is 433 g/mol. The average molecular weight is 458 g/mol. The molecule has 0 spiro atoms. The molecule has 3 heterocycles. The molecule has 0 radical (unpaired) electrons. The molecule has 0 saturated carbocycles. The lowest BCUT2D eigenvalue weighted by atomic mass is 9.90. The lowest BCUT2D eigenvalue weighted by Gasteiger charge is -2.30. The van der Waals surface area contributed by atoms with Crippen molar-refractivity contribution >= 4 is 28.3 Å². The van der Waals surface area contributed by atoms with Crippen LogP contribution in [0.2, 0.25) is 0 Å². The Morgan fingerprint density at radius 3 is 2.73 bits per heavy atom. The summed E-state index contributed by atoms with van der Waals surface area (Å²) in [7, 11) is 1.79. The van der Waals surface area contributed by atoms with Gasteiger partial charge in [0.05, 0.1) is 18.0 Å². The van der Waals surface area contributed by atoms with E-state index in [2.05, 4.69) is 20.6 Å². The number of hydrogen-bond donors (Lipinski definition) is 2. The first-order valence-electron chi connectivity index (χ1n) is 10.7. The normalized spacial score (nSPS) is 18.8. The summed E-state index contributed by atoms with van der Waals surface area (Å²) < 4.78 is 44.1. The van der Waals surface area contributed by atoms with Crippen molar-refractivity contribution < 1.29 is 22.7 Å². The van der Waals surface area contributed by atoms with Gasteiger partial charge in [0.1, 0.15) is 5.82 Å². The summed E-state index contributed by atoms with van der Waals surface area (Å²) in [5.41, 5.74) is 4.17. The predicted molar refractivity (Wildman–Crippen MR) is 121 cm³/mol. The number of rotatable bonds is 5. The van der Waals surface area contributed by atoms with Gasteiger partial charge in [-0.15, -0.1) is 0 Å². The van der Waals surface area contributed by atoms with Gasteiger partial charge in [0.2, 0.25) is 5.91 Å². The summed E-state index contributed by atoms with van der Waals surface area (Å²) in [5.74, 6) is -1.58. The van der Waals surface area contributed by atoms with Crippen LogP contribution in [-0.4, -0.2) is 42.3 Å². The molecule has 1 aliphatic rings. The van der Waals surface area contributed by atoms with Crippen LogP contribution in [0, 0.1) is 18.8 Å². The predicted octanol–water partition coefficient (Wildman–Crippen LogP) is 5.19. The topological polar surface area (TPSA) is 76.1 Å². The lowest BCUT2D eigenvalue weighted by Crippen LogP contribution is -2.36. The zero-order chi connectivity index (χ0) is 23.6. The number of amides is 1. The maximum atomic E-state index is 13.0. The van der Waals surface area contributed by atoms with Crippen LogP contribution in [0.1, 0.15) is 18.4 Å². The van der Waals surface area contributed by atoms with Gasteiger partial charge in [0.25, 0.3) is 0 Å². The van der Waals surface area contributed by atoms with Crippen LogP contribution in [0.5, 0.6) is 0 Å². The number of anilines is 2. The van der Waals surface area contributed by atoms with Crippen LogP contribution in [0.15, 0.2) is 42.7 Å². The van der Waals surface area contributed by atoms with Gasteiger partial charge in [-0.05, 0) is 48.6 Å². The Hall–Kier alpha value is -3.20. The highest BCUT2D eigenvalue weighted by Gasteiger charge is 2.43. The number of halogens is 3. The summed E-state index contributed by atoms with van der Waals surface area (Å²) >= 11 is 0. The number of carbonyl (C=O) groups is 1. The van der Waals surface area contributed by atoms with E-state index in [1.54, 1.807) is 25.5 Å². The first-order valence-corrected chi connectivity index (χ1v) is 10.7. The largest absolute Gasteiger partial charge is 0.394 e. The molecule has 2 aromatic heterocycles. The number of ether oxygens (including phenoxy) is 1. The number of nitrogens with one attached hydrogen (secondary N) is 2. The van der Waals surface area contributed by atoms with Gasteiger partial charge in [-0.3, -0.25) is 9.78 Å². The summed E-state index contributed by atoms with van der Waals surface area (Å²) in [5, 5.41) is 6.69. The van der Waals surface area contributed by atoms with Crippen molar-refractivity contribution in [2.75, 3.05) is 30.9 Å². The van der Waals surface area contributed by atoms with Crippen LogP contribution in [-0.2, 0) is 9.53 Å². The van der Waals surface area contributed by atoms with E-state index < -0.39 is 18.0 Å². The van der Waals surface area contributed by atoms with Crippen molar-refractivity contribution in [3.05, 3.63) is 48.3 Å². The highest BCUT2D eigenvalue weighted by atomic mass is 19.4. The minimum absolute atomic E-state index is 0.0210. The van der Waals surface area contributed by atoms with E-state index in [-0.39, 0.29) is 32.0 Å². The number of benzene rings is 1. The second-order valence-electron chi connectivity index (χ2n) is 8.40. The number of pyridine rings is 2. The molecule has 1 saturated heterocycles. The number of aromatic nitrogens is 2. The van der Waals surface area contributed by atoms with E-state index in [0.29, 0.717) is 5.69 Å². The van der Waals surface area contributed by atoms with E-state index in [4.69, 9.17) is 4.74 Å². The first kappa shape index (κ1) is 23.0. The Morgan fingerprint density at radius 1 is 1.15 bits per heavy atom. The quantitative estimate of drug-likeness (QED) is 0.550. The molecule has 4 rings (SSSR count). The Bertz CT molecular complexity index is 1170. The molecule has 174 valence electrons. The fourth-order valence-electron chi connectivity index (χ4n) is 4.08. The Balaban J connectivity index is 1.48. The van der Waals surface area contributed by atoms with Crippen molar-refractivity contribution in [1.82, 2.24) is 9.97 Å². The van der Waals surface area contributed by atoms with Crippen LogP contribution in [0.25, 0.3) is 22.0 Å². The molecule has 1 amide bonds. The van der Waals surface area contributed by atoms with Gasteiger partial charge in [-0.25, -0.2) is 4.98 Å². The van der Waals surface area contributed by atoms with Gasteiger partial charge in [-0.2, -0.15) is 13.2 Å². The molecule has 3 aromatic rings. The summed E-state index contributed by atoms with van der Waals surface area (Å²) in [4.78, 5) is 21.4. The van der Waals surface area contributed by atoms with Gasteiger partial charge in [-0.1, -0.05) is 6.07 Å². The van der Waals surface area contributed by atoms with Crippen molar-refractivity contribution in [3.8, 4) is 11.1 Å². The van der Waals surface area contributed by atoms with Gasteiger partial charge >= 0.3 is 6.18 Å². The van der Waals surface area contributed by atoms with Gasteiger partial charge in [0, 0.05) is 55.2 Å². The van der Waals surface area contributed by atoms with Crippen LogP contribution < -0.4 is 10.6 Å². The van der Waals surface area contributed by atoms with Gasteiger partial charge < -0.3 is 15.4 Å². The summed E-state index contributed by atoms with van der Waals surface area (Å²) in [6.07, 6.45) is -0.903. The van der Waals surface area contributed by atoms with Crippen LogP contribution in [0.4, 0.5) is 24.7 Å². The minimum Gasteiger partial charge on any atom is -0.381 e. The summed E-state index contributed by atoms with van der Waals surface area (Å²) in [6, 6.07) is 9.37. The Morgan fingerprint density at radius 2 is 1.97 bits per heavy atom. The van der Waals surface area contributed by atoms with Gasteiger partial charge in [0.15, 0.2) is 0 Å². The smallest absolute Gasteiger partial charge is 0.381 e. The fraction of sp³-hybridized carbons (Fsp3) is 0.375. The SMILES string of the molecule is CNc1cc2ncc(-c3cc(NC(=O)CC4COCC(C(F)(F)F)C4)ccc3C)cc2cn1. The number of fused-ring (bicyclic) bond motifs is 1. The van der Waals surface area contributed by atoms with Crippen LogP contribution >= 0.6 is 0 Å². The third-order valence-electron chi connectivity index (χ3n) is 5.88. The maximum Gasteiger partial charge on any atom is 0.394 e. The van der Waals surface area contributed by atoms with Crippen molar-refractivity contribution in [2.45, 2.75) is 25.9 Å². The monoisotopic (exact) mass is 458 g/mol.